The molecule has 0 aliphatic carbocycles. The van der Waals surface area contributed by atoms with E-state index in [-0.39, 0.29) is 6.54 Å². The number of likely N-dealkylation sites (tertiary alicyclic amines) is 2. The number of rotatable bonds is 16. The van der Waals surface area contributed by atoms with Crippen molar-refractivity contribution in [1.29, 1.82) is 0 Å². The molecular weight excluding hydrogens is 774 g/mol. The van der Waals surface area contributed by atoms with Gasteiger partial charge < -0.3 is 77.6 Å². The smallest absolute Gasteiger partial charge is 0.446 e. The van der Waals surface area contributed by atoms with Crippen molar-refractivity contribution in [2.75, 3.05) is 13.1 Å². The number of primary amides is 2. The van der Waals surface area contributed by atoms with E-state index in [9.17, 15) is 72.9 Å². The fraction of sp³-hybridized carbons (Fsp3) is 0.613. The van der Waals surface area contributed by atoms with Crippen molar-refractivity contribution >= 4 is 45.8 Å². The largest absolute Gasteiger partial charge is 0.504 e. The summed E-state index contributed by atoms with van der Waals surface area (Å²) in [7, 11) is -5.27. The highest BCUT2D eigenvalue weighted by Crippen LogP contribution is 2.35. The monoisotopic (exact) mass is 821 g/mol. The molecule has 0 saturated carbocycles. The predicted molar refractivity (Wildman–Crippen MR) is 185 cm³/mol. The summed E-state index contributed by atoms with van der Waals surface area (Å²) in [6.07, 6.45) is -10.5. The van der Waals surface area contributed by atoms with Crippen molar-refractivity contribution in [1.82, 2.24) is 20.4 Å². The molecule has 12 atom stereocenters. The summed E-state index contributed by atoms with van der Waals surface area (Å²) in [6, 6.07) is -7.30. The third kappa shape index (κ3) is 10.4. The van der Waals surface area contributed by atoms with E-state index in [0.717, 1.165) is 28.9 Å². The number of carbonyl (C=O) groups excluding carboxylic acids is 6. The van der Waals surface area contributed by atoms with Crippen molar-refractivity contribution in [2.24, 2.45) is 23.1 Å². The van der Waals surface area contributed by atoms with Crippen LogP contribution in [-0.4, -0.2) is 168 Å². The van der Waals surface area contributed by atoms with E-state index in [1.54, 1.807) is 0 Å². The number of hydrogen-bond donors (Lipinski definition) is 13. The molecule has 56 heavy (non-hydrogen) atoms. The lowest BCUT2D eigenvalue weighted by molar-refractivity contribution is -0.150. The van der Waals surface area contributed by atoms with E-state index in [2.05, 4.69) is 9.50 Å². The van der Waals surface area contributed by atoms with E-state index >= 15 is 0 Å². The summed E-state index contributed by atoms with van der Waals surface area (Å²) < 4.78 is 36.1. The lowest BCUT2D eigenvalue weighted by atomic mass is 9.85. The Balaban J connectivity index is 2.13. The second-order valence-electron chi connectivity index (χ2n) is 14.0. The average molecular weight is 822 g/mol. The standard InChI is InChI=1S/C31H47N7O17S/c1-11-9-38(23(24(11)44)26(34)46)30(50)21(17(42)8-19(32)43)35-28(48)22(36-27(47)15-7-14(40)10-37(15)29(49)20(33)12(2)39)25(45)31(3,51)13-4-5-16(41)18(6-13)55-56(52,53)54/h4-6,11-12,14-15,17,20-25,39-42,44-45,51H,7-10,33H2,1-3H3,(H2,32,43)(H2,34,46)(H,35,48)(H,36,47)(H,52,53,54)/t11-,12+,14+,15-,17+,20-,21-,22-,23-,24-,25-,31-/m0/s1. The first-order chi connectivity index (χ1) is 25.7. The minimum absolute atomic E-state index is 0.349. The Morgan fingerprint density at radius 1 is 1.00 bits per heavy atom. The quantitative estimate of drug-likeness (QED) is 0.0689. The molecule has 0 radical (unpaired) electrons. The number of aliphatic hydroxyl groups is 6. The van der Waals surface area contributed by atoms with Crippen LogP contribution in [0.1, 0.15) is 39.2 Å². The summed E-state index contributed by atoms with van der Waals surface area (Å²) in [5.74, 6) is -10.2. The van der Waals surface area contributed by atoms with Gasteiger partial charge in [-0.05, 0) is 31.5 Å². The number of hydrogen-bond acceptors (Lipinski definition) is 17. The molecule has 2 aliphatic rings. The van der Waals surface area contributed by atoms with Crippen LogP contribution in [0.25, 0.3) is 0 Å². The Hall–Kier alpha value is -4.73. The molecule has 6 amide bonds. The third-order valence-corrected chi connectivity index (χ3v) is 9.93. The molecule has 0 unspecified atom stereocenters. The number of carbonyl (C=O) groups is 6. The summed E-state index contributed by atoms with van der Waals surface area (Å²) >= 11 is 0. The van der Waals surface area contributed by atoms with Crippen molar-refractivity contribution < 1.29 is 81.7 Å². The Kier molecular flexibility index (Phi) is 14.3. The zero-order valence-corrected chi connectivity index (χ0v) is 31.0. The van der Waals surface area contributed by atoms with Gasteiger partial charge in [-0.2, -0.15) is 8.42 Å². The third-order valence-electron chi connectivity index (χ3n) is 9.54. The zero-order chi connectivity index (χ0) is 42.8. The van der Waals surface area contributed by atoms with Gasteiger partial charge >= 0.3 is 10.4 Å². The van der Waals surface area contributed by atoms with E-state index in [1.807, 2.05) is 5.32 Å². The van der Waals surface area contributed by atoms with Crippen molar-refractivity contribution in [2.45, 2.75) is 99.9 Å². The lowest BCUT2D eigenvalue weighted by Crippen LogP contribution is -2.65. The molecule has 0 bridgehead atoms. The van der Waals surface area contributed by atoms with Gasteiger partial charge in [0, 0.05) is 25.4 Å². The molecule has 2 aliphatic heterocycles. The molecule has 2 heterocycles. The number of nitrogens with two attached hydrogens (primary N) is 3. The first-order valence-electron chi connectivity index (χ1n) is 16.9. The molecule has 1 aromatic rings. The molecule has 25 heteroatoms. The maximum Gasteiger partial charge on any atom is 0.446 e. The van der Waals surface area contributed by atoms with Crippen LogP contribution in [-0.2, 0) is 44.8 Å². The number of nitrogens with one attached hydrogen (secondary N) is 2. The van der Waals surface area contributed by atoms with Gasteiger partial charge in [-0.15, -0.1) is 0 Å². The highest BCUT2D eigenvalue weighted by Gasteiger charge is 2.50. The van der Waals surface area contributed by atoms with Crippen LogP contribution in [0, 0.1) is 5.92 Å². The molecule has 314 valence electrons. The number of aromatic hydroxyl groups is 1. The predicted octanol–water partition coefficient (Wildman–Crippen LogP) is -7.29. The molecule has 0 aromatic heterocycles. The molecule has 3 rings (SSSR count). The Morgan fingerprint density at radius 3 is 2.14 bits per heavy atom. The van der Waals surface area contributed by atoms with Crippen LogP contribution < -0.4 is 32.0 Å². The number of phenols is 1. The molecule has 2 saturated heterocycles. The highest BCUT2D eigenvalue weighted by molar-refractivity contribution is 7.81. The molecule has 1 aromatic carbocycles. The second kappa shape index (κ2) is 17.6. The average Bonchev–Trinajstić information content (AvgIpc) is 3.62. The van der Waals surface area contributed by atoms with Crippen LogP contribution in [0.5, 0.6) is 11.5 Å². The molecule has 0 spiro atoms. The summed E-state index contributed by atoms with van der Waals surface area (Å²) in [4.78, 5) is 80.5. The van der Waals surface area contributed by atoms with Gasteiger partial charge in [-0.3, -0.25) is 33.3 Å². The Bertz CT molecular complexity index is 1800. The fourth-order valence-electron chi connectivity index (χ4n) is 6.39. The van der Waals surface area contributed by atoms with Gasteiger partial charge in [0.15, 0.2) is 11.5 Å². The number of β-amino-alcohol motifs (C(OH)–C–C–N with tert-alkyl or cyclic N) is 1. The number of benzene rings is 1. The summed E-state index contributed by atoms with van der Waals surface area (Å²) in [5.41, 5.74) is 13.1. The first-order valence-corrected chi connectivity index (χ1v) is 18.2. The van der Waals surface area contributed by atoms with E-state index < -0.39 is 155 Å². The maximum absolute atomic E-state index is 14.2. The number of aliphatic hydroxyl groups excluding tert-OH is 5. The number of phenolic OH excluding ortho intramolecular Hbond substituents is 1. The van der Waals surface area contributed by atoms with E-state index in [1.165, 1.54) is 13.8 Å². The van der Waals surface area contributed by atoms with Crippen LogP contribution in [0.3, 0.4) is 0 Å². The van der Waals surface area contributed by atoms with Crippen molar-refractivity contribution in [3.05, 3.63) is 23.8 Å². The lowest BCUT2D eigenvalue weighted by Gasteiger charge is -2.37. The first kappa shape index (κ1) is 45.7. The fourth-order valence-corrected chi connectivity index (χ4v) is 6.75. The minimum Gasteiger partial charge on any atom is -0.504 e. The molecular formula is C31H47N7O17S. The summed E-state index contributed by atoms with van der Waals surface area (Å²) in [5, 5.41) is 79.2. The maximum atomic E-state index is 14.2. The van der Waals surface area contributed by atoms with Gasteiger partial charge in [0.1, 0.15) is 41.9 Å². The van der Waals surface area contributed by atoms with Crippen molar-refractivity contribution in [3.63, 3.8) is 0 Å². The Morgan fingerprint density at radius 2 is 1.61 bits per heavy atom. The topological polar surface area (TPSA) is 416 Å². The van der Waals surface area contributed by atoms with Crippen LogP contribution in [0.2, 0.25) is 0 Å². The second-order valence-corrected chi connectivity index (χ2v) is 15.0. The van der Waals surface area contributed by atoms with Gasteiger partial charge in [-0.25, -0.2) is 0 Å². The SMILES string of the molecule is C[C@@H](O)[C@H](N)C(=O)N1C[C@H](O)C[C@H]1C(=O)N[C@H](C(=O)N[C@H](C(=O)N1C[C@H](C)[C@H](O)[C@H]1C(N)=O)[C@H](O)CC(N)=O)[C@H](O)[C@@](C)(O)c1ccc(O)c(OS(=O)(=O)O)c1. The number of nitrogens with zero attached hydrogens (tertiary/aromatic N) is 2. The van der Waals surface area contributed by atoms with Crippen molar-refractivity contribution in [3.8, 4) is 11.5 Å². The molecule has 16 N–H and O–H groups in total. The minimum atomic E-state index is -5.27. The van der Waals surface area contributed by atoms with Gasteiger partial charge in [0.2, 0.25) is 35.4 Å². The zero-order valence-electron chi connectivity index (χ0n) is 30.2. The summed E-state index contributed by atoms with van der Waals surface area (Å²) in [6.45, 7) is 2.63. The highest BCUT2D eigenvalue weighted by atomic mass is 32.3. The van der Waals surface area contributed by atoms with E-state index in [4.69, 9.17) is 21.8 Å². The molecule has 2 fully saturated rings. The van der Waals surface area contributed by atoms with Gasteiger partial charge in [0.05, 0.1) is 30.8 Å². The number of amides is 6. The van der Waals surface area contributed by atoms with Gasteiger partial charge in [-0.1, -0.05) is 13.0 Å². The van der Waals surface area contributed by atoms with Crippen LogP contribution >= 0.6 is 0 Å². The van der Waals surface area contributed by atoms with Crippen LogP contribution in [0.4, 0.5) is 0 Å². The Labute approximate surface area is 319 Å². The molecule has 24 nitrogen and oxygen atoms in total. The van der Waals surface area contributed by atoms with Crippen LogP contribution in [0.15, 0.2) is 18.2 Å². The van der Waals surface area contributed by atoms with E-state index in [0.29, 0.717) is 6.07 Å². The normalized spacial score (nSPS) is 25.5. The van der Waals surface area contributed by atoms with Gasteiger partial charge in [0.25, 0.3) is 0 Å².